The molecule has 0 aliphatic carbocycles. The average molecular weight is 249 g/mol. The van der Waals surface area contributed by atoms with Gasteiger partial charge in [-0.15, -0.1) is 0 Å². The van der Waals surface area contributed by atoms with E-state index in [1.807, 2.05) is 13.8 Å². The van der Waals surface area contributed by atoms with Gasteiger partial charge in [0.15, 0.2) is 11.5 Å². The number of nitrogens with two attached hydrogens (primary N) is 1. The van der Waals surface area contributed by atoms with Gasteiger partial charge in [-0.1, -0.05) is 5.16 Å². The van der Waals surface area contributed by atoms with Gasteiger partial charge >= 0.3 is 0 Å². The number of hydrogen-bond donors (Lipinski definition) is 2. The van der Waals surface area contributed by atoms with Crippen LogP contribution in [0.25, 0.3) is 11.5 Å². The Bertz CT molecular complexity index is 523. The molecule has 0 unspecified atom stereocenters. The van der Waals surface area contributed by atoms with Crippen LogP contribution in [0.5, 0.6) is 0 Å². The number of amides is 1. The Morgan fingerprint density at radius 1 is 1.50 bits per heavy atom. The van der Waals surface area contributed by atoms with Gasteiger partial charge in [0.05, 0.1) is 6.26 Å². The van der Waals surface area contributed by atoms with Gasteiger partial charge in [0, 0.05) is 18.2 Å². The lowest BCUT2D eigenvalue weighted by Crippen LogP contribution is -2.45. The molecule has 0 atom stereocenters. The Labute approximate surface area is 104 Å². The number of hydrogen-bond acceptors (Lipinski definition) is 5. The van der Waals surface area contributed by atoms with Gasteiger partial charge in [0.2, 0.25) is 5.76 Å². The highest BCUT2D eigenvalue weighted by atomic mass is 16.5. The third-order valence-corrected chi connectivity index (χ3v) is 2.21. The van der Waals surface area contributed by atoms with Crippen LogP contribution in [0.3, 0.4) is 0 Å². The quantitative estimate of drug-likeness (QED) is 0.854. The summed E-state index contributed by atoms with van der Waals surface area (Å²) in [4.78, 5) is 11.8. The lowest BCUT2D eigenvalue weighted by Gasteiger charge is -2.18. The third kappa shape index (κ3) is 2.98. The van der Waals surface area contributed by atoms with Crippen LogP contribution in [0.2, 0.25) is 0 Å². The molecule has 0 aromatic carbocycles. The number of carbonyl (C=O) groups excluding carboxylic acids is 1. The molecule has 0 bridgehead atoms. The zero-order chi connectivity index (χ0) is 13.2. The SMILES string of the molecule is CC(C)(N)CNC(=O)c1cc(-c2ccco2)on1. The summed E-state index contributed by atoms with van der Waals surface area (Å²) in [6.07, 6.45) is 1.52. The Kier molecular flexibility index (Phi) is 3.20. The summed E-state index contributed by atoms with van der Waals surface area (Å²) in [6.45, 7) is 4.00. The summed E-state index contributed by atoms with van der Waals surface area (Å²) in [6, 6.07) is 4.98. The summed E-state index contributed by atoms with van der Waals surface area (Å²) < 4.78 is 10.2. The molecule has 0 aliphatic rings. The molecule has 0 spiro atoms. The predicted octanol–water partition coefficient (Wildman–Crippen LogP) is 1.40. The zero-order valence-electron chi connectivity index (χ0n) is 10.3. The highest BCUT2D eigenvalue weighted by Gasteiger charge is 2.17. The van der Waals surface area contributed by atoms with Crippen molar-refractivity contribution in [2.24, 2.45) is 5.73 Å². The summed E-state index contributed by atoms with van der Waals surface area (Å²) >= 11 is 0. The van der Waals surface area contributed by atoms with Gasteiger partial charge in [0.1, 0.15) is 0 Å². The standard InChI is InChI=1S/C12H15N3O3/c1-12(2,13)7-14-11(16)8-6-10(18-15-8)9-4-3-5-17-9/h3-6H,7,13H2,1-2H3,(H,14,16). The van der Waals surface area contributed by atoms with E-state index in [0.717, 1.165) is 0 Å². The molecule has 96 valence electrons. The van der Waals surface area contributed by atoms with Crippen LogP contribution >= 0.6 is 0 Å². The number of furan rings is 1. The summed E-state index contributed by atoms with van der Waals surface area (Å²) in [5.41, 5.74) is 5.50. The molecule has 6 heteroatoms. The molecule has 1 amide bonds. The van der Waals surface area contributed by atoms with E-state index in [2.05, 4.69) is 10.5 Å². The molecule has 0 fully saturated rings. The van der Waals surface area contributed by atoms with Crippen LogP contribution < -0.4 is 11.1 Å². The fourth-order valence-corrected chi connectivity index (χ4v) is 1.32. The summed E-state index contributed by atoms with van der Waals surface area (Å²) in [5, 5.41) is 6.37. The van der Waals surface area contributed by atoms with Crippen molar-refractivity contribution in [3.8, 4) is 11.5 Å². The van der Waals surface area contributed by atoms with Crippen LogP contribution in [0.1, 0.15) is 24.3 Å². The summed E-state index contributed by atoms with van der Waals surface area (Å²) in [7, 11) is 0. The van der Waals surface area contributed by atoms with Crippen molar-refractivity contribution >= 4 is 5.91 Å². The number of rotatable bonds is 4. The summed E-state index contributed by atoms with van der Waals surface area (Å²) in [5.74, 6) is 0.618. The minimum atomic E-state index is -0.469. The lowest BCUT2D eigenvalue weighted by molar-refractivity contribution is 0.0937. The maximum absolute atomic E-state index is 11.8. The Morgan fingerprint density at radius 2 is 2.28 bits per heavy atom. The van der Waals surface area contributed by atoms with E-state index in [4.69, 9.17) is 14.7 Å². The molecule has 0 aliphatic heterocycles. The first-order valence-corrected chi connectivity index (χ1v) is 5.53. The minimum Gasteiger partial charge on any atom is -0.461 e. The van der Waals surface area contributed by atoms with Crippen LogP contribution in [-0.4, -0.2) is 23.1 Å². The molecule has 3 N–H and O–H groups in total. The molecule has 2 rings (SSSR count). The van der Waals surface area contributed by atoms with Crippen LogP contribution in [0.15, 0.2) is 33.4 Å². The first-order chi connectivity index (χ1) is 8.46. The monoisotopic (exact) mass is 249 g/mol. The normalized spacial score (nSPS) is 11.5. The van der Waals surface area contributed by atoms with Gasteiger partial charge in [-0.25, -0.2) is 0 Å². The minimum absolute atomic E-state index is 0.200. The average Bonchev–Trinajstić information content (AvgIpc) is 2.94. The largest absolute Gasteiger partial charge is 0.461 e. The molecule has 0 saturated carbocycles. The third-order valence-electron chi connectivity index (χ3n) is 2.21. The Morgan fingerprint density at radius 3 is 2.89 bits per heavy atom. The van der Waals surface area contributed by atoms with Gasteiger partial charge in [-0.2, -0.15) is 0 Å². The number of carbonyl (C=O) groups is 1. The maximum atomic E-state index is 11.8. The van der Waals surface area contributed by atoms with Crippen LogP contribution in [0.4, 0.5) is 0 Å². The first kappa shape index (κ1) is 12.4. The van der Waals surface area contributed by atoms with Crippen molar-refractivity contribution in [2.45, 2.75) is 19.4 Å². The maximum Gasteiger partial charge on any atom is 0.273 e. The zero-order valence-corrected chi connectivity index (χ0v) is 10.3. The van der Waals surface area contributed by atoms with Crippen LogP contribution in [0, 0.1) is 0 Å². The molecule has 2 aromatic heterocycles. The Hall–Kier alpha value is -2.08. The second-order valence-corrected chi connectivity index (χ2v) is 4.72. The molecular weight excluding hydrogens is 234 g/mol. The van der Waals surface area contributed by atoms with E-state index in [1.54, 1.807) is 12.1 Å². The van der Waals surface area contributed by atoms with E-state index in [1.165, 1.54) is 12.3 Å². The van der Waals surface area contributed by atoms with E-state index in [-0.39, 0.29) is 11.6 Å². The van der Waals surface area contributed by atoms with Gasteiger partial charge in [-0.3, -0.25) is 4.79 Å². The molecule has 6 nitrogen and oxygen atoms in total. The first-order valence-electron chi connectivity index (χ1n) is 5.53. The van der Waals surface area contributed by atoms with Crippen molar-refractivity contribution in [1.82, 2.24) is 10.5 Å². The second kappa shape index (κ2) is 4.66. The molecule has 2 heterocycles. The number of aromatic nitrogens is 1. The van der Waals surface area contributed by atoms with Crippen molar-refractivity contribution in [3.63, 3.8) is 0 Å². The van der Waals surface area contributed by atoms with Gasteiger partial charge < -0.3 is 20.0 Å². The van der Waals surface area contributed by atoms with Crippen LogP contribution in [-0.2, 0) is 0 Å². The predicted molar refractivity (Wildman–Crippen MR) is 64.8 cm³/mol. The molecule has 18 heavy (non-hydrogen) atoms. The molecule has 2 aromatic rings. The Balaban J connectivity index is 2.04. The van der Waals surface area contributed by atoms with Gasteiger partial charge in [-0.05, 0) is 26.0 Å². The fourth-order valence-electron chi connectivity index (χ4n) is 1.32. The number of nitrogens with one attached hydrogen (secondary N) is 1. The van der Waals surface area contributed by atoms with Crippen molar-refractivity contribution in [3.05, 3.63) is 30.2 Å². The highest BCUT2D eigenvalue weighted by molar-refractivity contribution is 5.92. The second-order valence-electron chi connectivity index (χ2n) is 4.72. The van der Waals surface area contributed by atoms with E-state index in [9.17, 15) is 4.79 Å². The van der Waals surface area contributed by atoms with Crippen molar-refractivity contribution < 1.29 is 13.7 Å². The smallest absolute Gasteiger partial charge is 0.273 e. The van der Waals surface area contributed by atoms with Crippen molar-refractivity contribution in [2.75, 3.05) is 6.54 Å². The topological polar surface area (TPSA) is 94.3 Å². The van der Waals surface area contributed by atoms with E-state index >= 15 is 0 Å². The number of nitrogens with zero attached hydrogens (tertiary/aromatic N) is 1. The van der Waals surface area contributed by atoms with E-state index in [0.29, 0.717) is 18.1 Å². The van der Waals surface area contributed by atoms with E-state index < -0.39 is 5.54 Å². The molecule has 0 saturated heterocycles. The molecular formula is C12H15N3O3. The lowest BCUT2D eigenvalue weighted by atomic mass is 10.1. The van der Waals surface area contributed by atoms with Crippen molar-refractivity contribution in [1.29, 1.82) is 0 Å². The van der Waals surface area contributed by atoms with Gasteiger partial charge in [0.25, 0.3) is 5.91 Å². The highest BCUT2D eigenvalue weighted by Crippen LogP contribution is 2.20. The fraction of sp³-hybridized carbons (Fsp3) is 0.333. The molecule has 0 radical (unpaired) electrons.